The lowest BCUT2D eigenvalue weighted by atomic mass is 10.1. The highest BCUT2D eigenvalue weighted by molar-refractivity contribution is 5.17. The fraction of sp³-hybridized carbons (Fsp3) is 0.455. The van der Waals surface area contributed by atoms with Crippen molar-refractivity contribution in [2.24, 2.45) is 0 Å². The number of benzene rings is 1. The Balaban J connectivity index is 1.95. The molecular formula is C11H14FNO. The van der Waals surface area contributed by atoms with Gasteiger partial charge in [-0.3, -0.25) is 0 Å². The summed E-state index contributed by atoms with van der Waals surface area (Å²) in [7, 11) is 0. The van der Waals surface area contributed by atoms with Gasteiger partial charge in [-0.2, -0.15) is 0 Å². The van der Waals surface area contributed by atoms with Crippen molar-refractivity contribution in [1.29, 1.82) is 0 Å². The second kappa shape index (κ2) is 4.53. The van der Waals surface area contributed by atoms with Crippen molar-refractivity contribution in [2.75, 3.05) is 19.7 Å². The molecule has 0 radical (unpaired) electrons. The van der Waals surface area contributed by atoms with E-state index in [4.69, 9.17) is 4.74 Å². The quantitative estimate of drug-likeness (QED) is 0.769. The molecule has 0 amide bonds. The Morgan fingerprint density at radius 2 is 2.43 bits per heavy atom. The maximum atomic E-state index is 12.9. The number of morpholine rings is 1. The lowest BCUT2D eigenvalue weighted by Gasteiger charge is -2.23. The summed E-state index contributed by atoms with van der Waals surface area (Å²) in [6.45, 7) is 2.52. The van der Waals surface area contributed by atoms with Gasteiger partial charge < -0.3 is 10.1 Å². The summed E-state index contributed by atoms with van der Waals surface area (Å²) in [5.41, 5.74) is 0.999. The van der Waals surface area contributed by atoms with E-state index in [0.29, 0.717) is 0 Å². The van der Waals surface area contributed by atoms with Gasteiger partial charge in [-0.25, -0.2) is 4.39 Å². The van der Waals surface area contributed by atoms with E-state index in [2.05, 4.69) is 5.32 Å². The molecule has 76 valence electrons. The van der Waals surface area contributed by atoms with Gasteiger partial charge in [-0.05, 0) is 24.1 Å². The van der Waals surface area contributed by atoms with Crippen LogP contribution < -0.4 is 5.32 Å². The summed E-state index contributed by atoms with van der Waals surface area (Å²) in [5.74, 6) is -0.175. The topological polar surface area (TPSA) is 21.3 Å². The van der Waals surface area contributed by atoms with Crippen molar-refractivity contribution in [2.45, 2.75) is 12.5 Å². The second-order valence-electron chi connectivity index (χ2n) is 3.53. The van der Waals surface area contributed by atoms with Gasteiger partial charge in [0, 0.05) is 13.1 Å². The number of hydrogen-bond donors (Lipinski definition) is 1. The predicted octanol–water partition coefficient (Wildman–Crippen LogP) is 1.36. The number of rotatable bonds is 2. The molecule has 0 aromatic heterocycles. The molecule has 3 heteroatoms. The van der Waals surface area contributed by atoms with Crippen molar-refractivity contribution in [3.8, 4) is 0 Å². The highest BCUT2D eigenvalue weighted by Gasteiger charge is 2.13. The first-order valence-corrected chi connectivity index (χ1v) is 4.91. The standard InChI is InChI=1S/C11H14FNO/c12-10-3-1-2-9(6-10)7-11-8-13-4-5-14-11/h1-3,6,11,13H,4-5,7-8H2/t11-/m0/s1. The maximum absolute atomic E-state index is 12.9. The zero-order valence-corrected chi connectivity index (χ0v) is 8.00. The van der Waals surface area contributed by atoms with Crippen LogP contribution in [0.15, 0.2) is 24.3 Å². The SMILES string of the molecule is Fc1cccc(C[C@H]2CNCCO2)c1. The van der Waals surface area contributed by atoms with E-state index in [1.54, 1.807) is 12.1 Å². The van der Waals surface area contributed by atoms with Gasteiger partial charge >= 0.3 is 0 Å². The Kier molecular flexibility index (Phi) is 3.11. The van der Waals surface area contributed by atoms with Crippen LogP contribution in [0.2, 0.25) is 0 Å². The molecule has 1 aromatic carbocycles. The van der Waals surface area contributed by atoms with Crippen molar-refractivity contribution < 1.29 is 9.13 Å². The number of nitrogens with one attached hydrogen (secondary N) is 1. The van der Waals surface area contributed by atoms with Gasteiger partial charge in [0.15, 0.2) is 0 Å². The highest BCUT2D eigenvalue weighted by Crippen LogP contribution is 2.09. The van der Waals surface area contributed by atoms with E-state index in [-0.39, 0.29) is 11.9 Å². The largest absolute Gasteiger partial charge is 0.375 e. The first-order valence-electron chi connectivity index (χ1n) is 4.91. The summed E-state index contributed by atoms with van der Waals surface area (Å²) in [6, 6.07) is 6.70. The molecule has 0 saturated carbocycles. The molecule has 1 aliphatic rings. The third-order valence-electron chi connectivity index (χ3n) is 2.36. The van der Waals surface area contributed by atoms with E-state index >= 15 is 0 Å². The summed E-state index contributed by atoms with van der Waals surface area (Å²) in [4.78, 5) is 0. The van der Waals surface area contributed by atoms with Crippen molar-refractivity contribution in [3.63, 3.8) is 0 Å². The zero-order valence-electron chi connectivity index (χ0n) is 8.00. The lowest BCUT2D eigenvalue weighted by Crippen LogP contribution is -2.39. The molecule has 0 unspecified atom stereocenters. The smallest absolute Gasteiger partial charge is 0.123 e. The molecule has 0 bridgehead atoms. The molecule has 2 rings (SSSR count). The molecular weight excluding hydrogens is 181 g/mol. The van der Waals surface area contributed by atoms with E-state index in [1.165, 1.54) is 6.07 Å². The van der Waals surface area contributed by atoms with Crippen LogP contribution in [0.4, 0.5) is 4.39 Å². The Labute approximate surface area is 83.1 Å². The molecule has 14 heavy (non-hydrogen) atoms. The molecule has 1 aliphatic heterocycles. The van der Waals surface area contributed by atoms with Crippen LogP contribution in [0.3, 0.4) is 0 Å². The molecule has 1 heterocycles. The second-order valence-corrected chi connectivity index (χ2v) is 3.53. The normalized spacial score (nSPS) is 22.2. The first kappa shape index (κ1) is 9.62. The van der Waals surface area contributed by atoms with Crippen molar-refractivity contribution >= 4 is 0 Å². The zero-order chi connectivity index (χ0) is 9.80. The monoisotopic (exact) mass is 195 g/mol. The molecule has 1 aromatic rings. The Morgan fingerprint density at radius 1 is 1.50 bits per heavy atom. The molecule has 0 spiro atoms. The van der Waals surface area contributed by atoms with Gasteiger partial charge in [0.25, 0.3) is 0 Å². The first-order chi connectivity index (χ1) is 6.84. The van der Waals surface area contributed by atoms with Crippen LogP contribution in [-0.2, 0) is 11.2 Å². The number of hydrogen-bond acceptors (Lipinski definition) is 2. The van der Waals surface area contributed by atoms with Gasteiger partial charge in [0.05, 0.1) is 12.7 Å². The summed E-state index contributed by atoms with van der Waals surface area (Å²) in [6.07, 6.45) is 0.968. The Morgan fingerprint density at radius 3 is 3.14 bits per heavy atom. The predicted molar refractivity (Wildman–Crippen MR) is 52.7 cm³/mol. The third kappa shape index (κ3) is 2.53. The van der Waals surface area contributed by atoms with Crippen molar-refractivity contribution in [3.05, 3.63) is 35.6 Å². The van der Waals surface area contributed by atoms with Gasteiger partial charge in [0.1, 0.15) is 5.82 Å². The molecule has 1 atom stereocenters. The number of halogens is 1. The van der Waals surface area contributed by atoms with Gasteiger partial charge in [-0.15, -0.1) is 0 Å². The lowest BCUT2D eigenvalue weighted by molar-refractivity contribution is 0.0292. The summed E-state index contributed by atoms with van der Waals surface area (Å²) in [5, 5.41) is 3.25. The van der Waals surface area contributed by atoms with E-state index in [1.807, 2.05) is 6.07 Å². The molecule has 2 nitrogen and oxygen atoms in total. The number of ether oxygens (including phenoxy) is 1. The van der Waals surface area contributed by atoms with Crippen LogP contribution in [0.25, 0.3) is 0 Å². The summed E-state index contributed by atoms with van der Waals surface area (Å²) >= 11 is 0. The third-order valence-corrected chi connectivity index (χ3v) is 2.36. The van der Waals surface area contributed by atoms with E-state index in [0.717, 1.165) is 31.7 Å². The average molecular weight is 195 g/mol. The molecule has 1 N–H and O–H groups in total. The van der Waals surface area contributed by atoms with Gasteiger partial charge in [-0.1, -0.05) is 12.1 Å². The van der Waals surface area contributed by atoms with Crippen LogP contribution in [0, 0.1) is 5.82 Å². The summed E-state index contributed by atoms with van der Waals surface area (Å²) < 4.78 is 18.4. The molecule has 1 saturated heterocycles. The highest BCUT2D eigenvalue weighted by atomic mass is 19.1. The van der Waals surface area contributed by atoms with Crippen LogP contribution >= 0.6 is 0 Å². The Bertz CT molecular complexity index is 297. The van der Waals surface area contributed by atoms with Crippen LogP contribution in [0.5, 0.6) is 0 Å². The minimum Gasteiger partial charge on any atom is -0.375 e. The van der Waals surface area contributed by atoms with Crippen LogP contribution in [0.1, 0.15) is 5.56 Å². The van der Waals surface area contributed by atoms with Gasteiger partial charge in [0.2, 0.25) is 0 Å². The minimum atomic E-state index is -0.175. The fourth-order valence-corrected chi connectivity index (χ4v) is 1.68. The van der Waals surface area contributed by atoms with Crippen molar-refractivity contribution in [1.82, 2.24) is 5.32 Å². The molecule has 1 fully saturated rings. The van der Waals surface area contributed by atoms with E-state index in [9.17, 15) is 4.39 Å². The van der Waals surface area contributed by atoms with E-state index < -0.39 is 0 Å². The maximum Gasteiger partial charge on any atom is 0.123 e. The minimum absolute atomic E-state index is 0.175. The fourth-order valence-electron chi connectivity index (χ4n) is 1.68. The average Bonchev–Trinajstić information content (AvgIpc) is 2.19. The Hall–Kier alpha value is -0.930. The van der Waals surface area contributed by atoms with Crippen LogP contribution in [-0.4, -0.2) is 25.8 Å². The molecule has 0 aliphatic carbocycles.